The number of carbonyl (C=O) groups is 3. The van der Waals surface area contributed by atoms with Gasteiger partial charge < -0.3 is 24.8 Å². The zero-order valence-corrected chi connectivity index (χ0v) is 28.8. The molecule has 50 heavy (non-hydrogen) atoms. The lowest BCUT2D eigenvalue weighted by atomic mass is 9.42. The van der Waals surface area contributed by atoms with Crippen LogP contribution in [-0.4, -0.2) is 62.1 Å². The fraction of sp³-hybridized carbons (Fsp3) is 0.595. The van der Waals surface area contributed by atoms with E-state index in [2.05, 4.69) is 0 Å². The van der Waals surface area contributed by atoms with Gasteiger partial charge in [0.25, 0.3) is 0 Å². The third-order valence-electron chi connectivity index (χ3n) is 12.6. The standard InChI is InChI=1S/C37H43F5O8/c1-18(2)19(3)15-27(45)50-25-17-24-33(5)11-10-22(49-26(44)8-7-23-28(38)30(40)32(42)31(41)29(23)39)16-21(33)9-12-36(24,47)37(48)14-13-35(46,20(4)43)34(25,37)6/h7-9,15,18,22,24-25,46-48H,10-14,16-17H2,1-6H3/b8-7+,19-15+/t22-,24?,25+,33-,34+,35+,36-,37+/m0/s1. The SMILES string of the molecule is CC(=O)[C@]1(O)CC[C@@]2(O)[C@]1(C)[C@H](OC(=O)/C=C(\C)C(C)C)CC1[C@@]3(C)CC[C@H](OC(=O)/C=C/c4c(F)c(F)c(F)c(F)c4F)CC3=CC[C@]12O. The number of rotatable bonds is 7. The summed E-state index contributed by atoms with van der Waals surface area (Å²) < 4.78 is 80.2. The highest BCUT2D eigenvalue weighted by Crippen LogP contribution is 2.71. The van der Waals surface area contributed by atoms with Gasteiger partial charge in [-0.1, -0.05) is 38.0 Å². The minimum absolute atomic E-state index is 0.00580. The first-order chi connectivity index (χ1) is 23.1. The van der Waals surface area contributed by atoms with Crippen molar-refractivity contribution in [2.45, 2.75) is 115 Å². The van der Waals surface area contributed by atoms with Gasteiger partial charge in [-0.25, -0.2) is 31.5 Å². The topological polar surface area (TPSA) is 130 Å². The third-order valence-corrected chi connectivity index (χ3v) is 12.6. The zero-order chi connectivity index (χ0) is 37.4. The number of halogens is 5. The molecule has 0 bridgehead atoms. The van der Waals surface area contributed by atoms with E-state index in [9.17, 15) is 51.7 Å². The second kappa shape index (κ2) is 12.7. The Bertz CT molecular complexity index is 1690. The summed E-state index contributed by atoms with van der Waals surface area (Å²) in [5, 5.41) is 37.0. The van der Waals surface area contributed by atoms with Gasteiger partial charge >= 0.3 is 11.9 Å². The fourth-order valence-electron chi connectivity index (χ4n) is 9.11. The van der Waals surface area contributed by atoms with E-state index in [4.69, 9.17) is 9.47 Å². The van der Waals surface area contributed by atoms with Crippen molar-refractivity contribution in [3.05, 3.63) is 64.0 Å². The summed E-state index contributed by atoms with van der Waals surface area (Å²) in [6, 6.07) is 0. The van der Waals surface area contributed by atoms with E-state index in [-0.39, 0.29) is 44.4 Å². The second-order valence-electron chi connectivity index (χ2n) is 15.1. The van der Waals surface area contributed by atoms with Gasteiger partial charge in [-0.15, -0.1) is 0 Å². The summed E-state index contributed by atoms with van der Waals surface area (Å²) >= 11 is 0. The number of carbonyl (C=O) groups excluding carboxylic acids is 3. The minimum atomic E-state index is -2.32. The monoisotopic (exact) mass is 710 g/mol. The molecule has 0 amide bonds. The minimum Gasteiger partial charge on any atom is -0.459 e. The van der Waals surface area contributed by atoms with Crippen LogP contribution in [0.15, 0.2) is 29.4 Å². The maximum atomic E-state index is 14.1. The van der Waals surface area contributed by atoms with Crippen molar-refractivity contribution in [3.8, 4) is 0 Å². The van der Waals surface area contributed by atoms with Crippen LogP contribution in [0.25, 0.3) is 6.08 Å². The van der Waals surface area contributed by atoms with Gasteiger partial charge in [0.05, 0.1) is 11.0 Å². The van der Waals surface area contributed by atoms with Gasteiger partial charge in [-0.2, -0.15) is 0 Å². The van der Waals surface area contributed by atoms with Crippen molar-refractivity contribution in [2.24, 2.45) is 22.7 Å². The van der Waals surface area contributed by atoms with Crippen molar-refractivity contribution in [1.29, 1.82) is 0 Å². The molecule has 0 saturated heterocycles. The number of ketones is 1. The van der Waals surface area contributed by atoms with Crippen molar-refractivity contribution in [3.63, 3.8) is 0 Å². The summed E-state index contributed by atoms with van der Waals surface area (Å²) in [5.74, 6) is -13.9. The Kier molecular flexibility index (Phi) is 9.58. The normalized spacial score (nSPS) is 36.8. The van der Waals surface area contributed by atoms with E-state index in [1.807, 2.05) is 20.8 Å². The van der Waals surface area contributed by atoms with E-state index in [1.165, 1.54) is 19.9 Å². The van der Waals surface area contributed by atoms with Crippen LogP contribution in [0.3, 0.4) is 0 Å². The van der Waals surface area contributed by atoms with Crippen LogP contribution in [0.1, 0.15) is 92.1 Å². The van der Waals surface area contributed by atoms with Gasteiger partial charge in [0.2, 0.25) is 5.82 Å². The van der Waals surface area contributed by atoms with Crippen LogP contribution in [0, 0.1) is 51.8 Å². The number of ether oxygens (including phenoxy) is 2. The summed E-state index contributed by atoms with van der Waals surface area (Å²) in [6.45, 7) is 10.2. The molecule has 274 valence electrons. The lowest BCUT2D eigenvalue weighted by Crippen LogP contribution is -2.78. The average molecular weight is 711 g/mol. The van der Waals surface area contributed by atoms with Crippen molar-refractivity contribution in [1.82, 2.24) is 0 Å². The average Bonchev–Trinajstić information content (AvgIpc) is 3.28. The van der Waals surface area contributed by atoms with Crippen molar-refractivity contribution in [2.75, 3.05) is 0 Å². The van der Waals surface area contributed by atoms with Crippen LogP contribution < -0.4 is 0 Å². The predicted molar refractivity (Wildman–Crippen MR) is 169 cm³/mol. The quantitative estimate of drug-likeness (QED) is 0.0792. The molecule has 3 N–H and O–H groups in total. The van der Waals surface area contributed by atoms with Crippen LogP contribution in [0.4, 0.5) is 22.0 Å². The molecule has 3 saturated carbocycles. The first kappa shape index (κ1) is 37.8. The van der Waals surface area contributed by atoms with Gasteiger partial charge in [0, 0.05) is 24.5 Å². The molecule has 4 aliphatic carbocycles. The maximum Gasteiger partial charge on any atom is 0.331 e. The van der Waals surface area contributed by atoms with E-state index in [1.54, 1.807) is 13.0 Å². The molecule has 1 aromatic rings. The Morgan fingerprint density at radius 3 is 2.06 bits per heavy atom. The number of hydrogen-bond acceptors (Lipinski definition) is 8. The van der Waals surface area contributed by atoms with Crippen LogP contribution in [0.5, 0.6) is 0 Å². The fourth-order valence-corrected chi connectivity index (χ4v) is 9.11. The van der Waals surface area contributed by atoms with Crippen LogP contribution >= 0.6 is 0 Å². The Hall–Kier alpha value is -3.42. The highest BCUT2D eigenvalue weighted by atomic mass is 19.2. The second-order valence-corrected chi connectivity index (χ2v) is 15.1. The first-order valence-electron chi connectivity index (χ1n) is 16.8. The molecule has 5 rings (SSSR count). The number of hydrogen-bond donors (Lipinski definition) is 3. The number of fused-ring (bicyclic) bond motifs is 5. The molecule has 13 heteroatoms. The Morgan fingerprint density at radius 2 is 1.48 bits per heavy atom. The zero-order valence-electron chi connectivity index (χ0n) is 28.8. The molecule has 1 unspecified atom stereocenters. The van der Waals surface area contributed by atoms with E-state index in [0.717, 1.165) is 11.1 Å². The molecule has 0 heterocycles. The molecule has 8 atom stereocenters. The Morgan fingerprint density at radius 1 is 0.880 bits per heavy atom. The predicted octanol–water partition coefficient (Wildman–Crippen LogP) is 5.94. The summed E-state index contributed by atoms with van der Waals surface area (Å²) in [6.07, 6.45) is 2.47. The first-order valence-corrected chi connectivity index (χ1v) is 16.8. The van der Waals surface area contributed by atoms with Crippen LogP contribution in [0.2, 0.25) is 0 Å². The van der Waals surface area contributed by atoms with Gasteiger partial charge in [0.1, 0.15) is 29.0 Å². The molecule has 8 nitrogen and oxygen atoms in total. The molecule has 0 spiro atoms. The number of allylic oxidation sites excluding steroid dienone is 1. The van der Waals surface area contributed by atoms with Gasteiger partial charge in [-0.3, -0.25) is 4.79 Å². The third kappa shape index (κ3) is 5.37. The number of esters is 2. The summed E-state index contributed by atoms with van der Waals surface area (Å²) in [5.41, 5.74) is -8.41. The highest BCUT2D eigenvalue weighted by Gasteiger charge is 2.81. The Balaban J connectivity index is 1.43. The number of aliphatic hydroxyl groups is 3. The molecule has 3 fully saturated rings. The highest BCUT2D eigenvalue weighted by molar-refractivity contribution is 5.88. The molecule has 4 aliphatic rings. The van der Waals surface area contributed by atoms with Crippen molar-refractivity contribution < 1.29 is 61.1 Å². The van der Waals surface area contributed by atoms with Crippen molar-refractivity contribution >= 4 is 23.8 Å². The number of benzene rings is 1. The Labute approximate surface area is 287 Å². The maximum absolute atomic E-state index is 14.1. The summed E-state index contributed by atoms with van der Waals surface area (Å²) in [7, 11) is 0. The van der Waals surface area contributed by atoms with E-state index >= 15 is 0 Å². The van der Waals surface area contributed by atoms with Gasteiger partial charge in [0.15, 0.2) is 29.1 Å². The smallest absolute Gasteiger partial charge is 0.331 e. The van der Waals surface area contributed by atoms with E-state index in [0.29, 0.717) is 18.6 Å². The largest absolute Gasteiger partial charge is 0.459 e. The van der Waals surface area contributed by atoms with Gasteiger partial charge in [-0.05, 0) is 76.7 Å². The molecular formula is C37H43F5O8. The molecule has 0 aliphatic heterocycles. The van der Waals surface area contributed by atoms with E-state index < -0.39 is 98.1 Å². The molecule has 0 radical (unpaired) electrons. The molecular weight excluding hydrogens is 667 g/mol. The summed E-state index contributed by atoms with van der Waals surface area (Å²) in [4.78, 5) is 38.9. The lowest BCUT2D eigenvalue weighted by Gasteiger charge is -2.67. The lowest BCUT2D eigenvalue weighted by molar-refractivity contribution is -0.314. The number of Topliss-reactive ketones (excluding diaryl/α,β-unsaturated/α-hetero) is 1. The van der Waals surface area contributed by atoms with Crippen LogP contribution in [-0.2, 0) is 23.9 Å². The molecule has 0 aromatic heterocycles. The molecule has 1 aromatic carbocycles.